The van der Waals surface area contributed by atoms with E-state index in [1.165, 1.54) is 17.7 Å². The topological polar surface area (TPSA) is 38.8 Å². The molecule has 2 saturated heterocycles. The van der Waals surface area contributed by atoms with E-state index in [1.54, 1.807) is 32.4 Å². The third-order valence-electron chi connectivity index (χ3n) is 5.95. The second-order valence-electron chi connectivity index (χ2n) is 7.38. The predicted octanol–water partition coefficient (Wildman–Crippen LogP) is 4.39. The first-order valence-electron chi connectivity index (χ1n) is 9.41. The van der Waals surface area contributed by atoms with Crippen molar-refractivity contribution in [3.05, 3.63) is 59.4 Å². The van der Waals surface area contributed by atoms with Gasteiger partial charge in [-0.25, -0.2) is 4.39 Å². The smallest absolute Gasteiger partial charge is 0.258 e. The van der Waals surface area contributed by atoms with Gasteiger partial charge in [-0.15, -0.1) is 0 Å². The molecule has 2 aromatic carbocycles. The zero-order valence-corrected chi connectivity index (χ0v) is 15.7. The molecule has 0 N–H and O–H groups in total. The van der Waals surface area contributed by atoms with Crippen LogP contribution in [0.2, 0.25) is 0 Å². The van der Waals surface area contributed by atoms with Crippen molar-refractivity contribution in [3.63, 3.8) is 0 Å². The number of ether oxygens (including phenoxy) is 2. The number of hydrogen-bond donors (Lipinski definition) is 0. The van der Waals surface area contributed by atoms with Crippen LogP contribution in [-0.4, -0.2) is 37.1 Å². The maximum Gasteiger partial charge on any atom is 0.258 e. The summed E-state index contributed by atoms with van der Waals surface area (Å²) in [4.78, 5) is 15.3. The molecule has 2 fully saturated rings. The van der Waals surface area contributed by atoms with E-state index < -0.39 is 0 Å². The average Bonchev–Trinajstić information content (AvgIpc) is 2.96. The van der Waals surface area contributed by atoms with E-state index in [2.05, 4.69) is 0 Å². The van der Waals surface area contributed by atoms with Crippen LogP contribution in [0.1, 0.15) is 47.5 Å². The fourth-order valence-electron chi connectivity index (χ4n) is 4.63. The molecule has 4 nitrogen and oxygen atoms in total. The first-order chi connectivity index (χ1) is 13.1. The molecular formula is C22H24FNO3. The highest BCUT2D eigenvalue weighted by atomic mass is 19.1. The third-order valence-corrected chi connectivity index (χ3v) is 5.95. The maximum atomic E-state index is 13.3. The lowest BCUT2D eigenvalue weighted by Gasteiger charge is -2.39. The van der Waals surface area contributed by atoms with Crippen LogP contribution in [0.15, 0.2) is 42.5 Å². The van der Waals surface area contributed by atoms with Gasteiger partial charge < -0.3 is 14.4 Å². The predicted molar refractivity (Wildman–Crippen MR) is 101 cm³/mol. The van der Waals surface area contributed by atoms with E-state index in [4.69, 9.17) is 9.47 Å². The minimum absolute atomic E-state index is 0.0274. The molecule has 0 aliphatic carbocycles. The summed E-state index contributed by atoms with van der Waals surface area (Å²) < 4.78 is 23.9. The van der Waals surface area contributed by atoms with Crippen LogP contribution in [0.5, 0.6) is 11.5 Å². The van der Waals surface area contributed by atoms with Gasteiger partial charge in [-0.2, -0.15) is 0 Å². The van der Waals surface area contributed by atoms with Gasteiger partial charge in [0.05, 0.1) is 19.8 Å². The van der Waals surface area contributed by atoms with Crippen LogP contribution in [0, 0.1) is 5.82 Å². The number of benzene rings is 2. The Morgan fingerprint density at radius 3 is 2.26 bits per heavy atom. The monoisotopic (exact) mass is 369 g/mol. The number of hydrogen-bond acceptors (Lipinski definition) is 3. The van der Waals surface area contributed by atoms with Crippen LogP contribution in [0.4, 0.5) is 4.39 Å². The summed E-state index contributed by atoms with van der Waals surface area (Å²) in [5, 5.41) is 0. The summed E-state index contributed by atoms with van der Waals surface area (Å²) in [5.41, 5.74) is 1.75. The van der Waals surface area contributed by atoms with E-state index in [0.717, 1.165) is 25.7 Å². The van der Waals surface area contributed by atoms with E-state index >= 15 is 0 Å². The summed E-state index contributed by atoms with van der Waals surface area (Å²) in [7, 11) is 3.16. The number of rotatable bonds is 4. The lowest BCUT2D eigenvalue weighted by atomic mass is 9.84. The molecule has 4 rings (SSSR count). The zero-order chi connectivity index (χ0) is 19.0. The van der Waals surface area contributed by atoms with Crippen molar-refractivity contribution in [1.29, 1.82) is 0 Å². The van der Waals surface area contributed by atoms with Gasteiger partial charge in [0.15, 0.2) is 0 Å². The van der Waals surface area contributed by atoms with Crippen molar-refractivity contribution in [3.8, 4) is 11.5 Å². The molecule has 0 radical (unpaired) electrons. The number of methoxy groups -OCH3 is 2. The van der Waals surface area contributed by atoms with Crippen molar-refractivity contribution < 1.29 is 18.7 Å². The molecular weight excluding hydrogens is 345 g/mol. The van der Waals surface area contributed by atoms with Crippen LogP contribution >= 0.6 is 0 Å². The molecule has 0 aromatic heterocycles. The minimum atomic E-state index is -0.207. The number of amides is 1. The summed E-state index contributed by atoms with van der Waals surface area (Å²) in [6, 6.07) is 12.6. The quantitative estimate of drug-likeness (QED) is 0.802. The summed E-state index contributed by atoms with van der Waals surface area (Å²) in [6.45, 7) is 0. The molecule has 2 aliphatic rings. The standard InChI is InChI=1S/C22H24FNO3/c1-26-19-9-10-20(21(13-19)27-2)22(25)24-17-7-8-18(24)12-15(11-17)14-3-5-16(23)6-4-14/h3-6,9-10,13,15,17-18H,7-8,11-12H2,1-2H3/t15?,17-,18+. The minimum Gasteiger partial charge on any atom is -0.497 e. The van der Waals surface area contributed by atoms with Crippen LogP contribution < -0.4 is 9.47 Å². The molecule has 2 bridgehead atoms. The van der Waals surface area contributed by atoms with E-state index in [1.807, 2.05) is 17.0 Å². The number of piperidine rings is 1. The Morgan fingerprint density at radius 2 is 1.67 bits per heavy atom. The highest BCUT2D eigenvalue weighted by Gasteiger charge is 2.44. The lowest BCUT2D eigenvalue weighted by molar-refractivity contribution is 0.0568. The zero-order valence-electron chi connectivity index (χ0n) is 15.7. The molecule has 2 aliphatic heterocycles. The van der Waals surface area contributed by atoms with Crippen LogP contribution in [-0.2, 0) is 0 Å². The van der Waals surface area contributed by atoms with E-state index in [0.29, 0.717) is 23.0 Å². The van der Waals surface area contributed by atoms with Gasteiger partial charge in [0.25, 0.3) is 5.91 Å². The average molecular weight is 369 g/mol. The lowest BCUT2D eigenvalue weighted by Crippen LogP contribution is -2.46. The Balaban J connectivity index is 1.56. The second kappa shape index (κ2) is 7.22. The first-order valence-corrected chi connectivity index (χ1v) is 9.41. The molecule has 1 amide bonds. The summed E-state index contributed by atoms with van der Waals surface area (Å²) in [6.07, 6.45) is 3.89. The molecule has 0 spiro atoms. The Bertz CT molecular complexity index is 822. The van der Waals surface area contributed by atoms with Gasteiger partial charge in [0.1, 0.15) is 17.3 Å². The van der Waals surface area contributed by atoms with Crippen LogP contribution in [0.25, 0.3) is 0 Å². The highest BCUT2D eigenvalue weighted by molar-refractivity contribution is 5.97. The van der Waals surface area contributed by atoms with Gasteiger partial charge >= 0.3 is 0 Å². The van der Waals surface area contributed by atoms with Gasteiger partial charge in [-0.3, -0.25) is 4.79 Å². The number of carbonyl (C=O) groups is 1. The first kappa shape index (κ1) is 17.8. The van der Waals surface area contributed by atoms with Gasteiger partial charge in [-0.05, 0) is 61.4 Å². The molecule has 142 valence electrons. The molecule has 5 heteroatoms. The van der Waals surface area contributed by atoms with Crippen molar-refractivity contribution in [1.82, 2.24) is 4.90 Å². The van der Waals surface area contributed by atoms with Crippen molar-refractivity contribution >= 4 is 5.91 Å². The largest absolute Gasteiger partial charge is 0.497 e. The second-order valence-corrected chi connectivity index (χ2v) is 7.38. The molecule has 0 saturated carbocycles. The van der Waals surface area contributed by atoms with E-state index in [9.17, 15) is 9.18 Å². The number of nitrogens with zero attached hydrogens (tertiary/aromatic N) is 1. The fraction of sp³-hybridized carbons (Fsp3) is 0.409. The molecule has 2 heterocycles. The SMILES string of the molecule is COc1ccc(C(=O)N2[C@@H]3CC[C@H]2CC(c2ccc(F)cc2)C3)c(OC)c1. The normalized spacial score (nSPS) is 24.0. The molecule has 3 atom stereocenters. The highest BCUT2D eigenvalue weighted by Crippen LogP contribution is 2.44. The Hall–Kier alpha value is -2.56. The van der Waals surface area contributed by atoms with Gasteiger partial charge in [0.2, 0.25) is 0 Å². The van der Waals surface area contributed by atoms with E-state index in [-0.39, 0.29) is 23.8 Å². The molecule has 27 heavy (non-hydrogen) atoms. The van der Waals surface area contributed by atoms with Crippen LogP contribution in [0.3, 0.4) is 0 Å². The molecule has 2 aromatic rings. The number of fused-ring (bicyclic) bond motifs is 2. The van der Waals surface area contributed by atoms with Gasteiger partial charge in [0, 0.05) is 18.2 Å². The van der Waals surface area contributed by atoms with Crippen molar-refractivity contribution in [2.75, 3.05) is 14.2 Å². The third kappa shape index (κ3) is 3.27. The van der Waals surface area contributed by atoms with Crippen molar-refractivity contribution in [2.24, 2.45) is 0 Å². The maximum absolute atomic E-state index is 13.3. The Labute approximate surface area is 158 Å². The molecule has 1 unspecified atom stereocenters. The summed E-state index contributed by atoms with van der Waals surface area (Å²) in [5.74, 6) is 1.41. The van der Waals surface area contributed by atoms with Gasteiger partial charge in [-0.1, -0.05) is 12.1 Å². The number of halogens is 1. The summed E-state index contributed by atoms with van der Waals surface area (Å²) >= 11 is 0. The Morgan fingerprint density at radius 1 is 1.00 bits per heavy atom. The fourth-order valence-corrected chi connectivity index (χ4v) is 4.63. The Kier molecular flexibility index (Phi) is 4.77. The van der Waals surface area contributed by atoms with Crippen molar-refractivity contribution in [2.45, 2.75) is 43.7 Å². The number of carbonyl (C=O) groups excluding carboxylic acids is 1.